The number of aliphatic carboxylic acids is 1. The number of halogens is 3. The average molecular weight is 307 g/mol. The van der Waals surface area contributed by atoms with Gasteiger partial charge in [0.1, 0.15) is 15.9 Å². The Balaban J connectivity index is 4.35. The molecule has 0 aliphatic heterocycles. The van der Waals surface area contributed by atoms with E-state index in [4.69, 9.17) is 5.11 Å². The molecule has 0 heterocycles. The molecule has 112 valence electrons. The fraction of sp³-hybridized carbons (Fsp3) is 0.750. The van der Waals surface area contributed by atoms with Crippen molar-refractivity contribution in [2.45, 2.75) is 18.6 Å². The van der Waals surface area contributed by atoms with Crippen molar-refractivity contribution >= 4 is 21.9 Å². The van der Waals surface area contributed by atoms with Crippen molar-refractivity contribution in [3.63, 3.8) is 0 Å². The summed E-state index contributed by atoms with van der Waals surface area (Å²) in [6.07, 6.45) is -5.94. The number of rotatable bonds is 6. The lowest BCUT2D eigenvalue weighted by Gasteiger charge is -2.14. The van der Waals surface area contributed by atoms with Crippen molar-refractivity contribution in [1.82, 2.24) is 5.32 Å². The lowest BCUT2D eigenvalue weighted by atomic mass is 10.2. The minimum absolute atomic E-state index is 0.477. The number of nitrogens with one attached hydrogen (secondary N) is 1. The van der Waals surface area contributed by atoms with Crippen molar-refractivity contribution in [1.29, 1.82) is 0 Å². The van der Waals surface area contributed by atoms with Gasteiger partial charge in [-0.15, -0.1) is 0 Å². The van der Waals surface area contributed by atoms with Crippen LogP contribution in [0.4, 0.5) is 18.0 Å². The summed E-state index contributed by atoms with van der Waals surface area (Å²) in [5, 5.41) is 10.3. The van der Waals surface area contributed by atoms with E-state index in [9.17, 15) is 31.2 Å². The smallest absolute Gasteiger partial charge is 0.422 e. The summed E-state index contributed by atoms with van der Waals surface area (Å²) in [6, 6.07) is -1.64. The maximum atomic E-state index is 11.7. The third-order valence-corrected chi connectivity index (χ3v) is 2.71. The number of alkyl carbamates (subject to hydrolysis) is 1. The minimum atomic E-state index is -4.73. The van der Waals surface area contributed by atoms with Crippen LogP contribution in [-0.2, 0) is 19.4 Å². The fourth-order valence-corrected chi connectivity index (χ4v) is 1.58. The Hall–Kier alpha value is -1.52. The maximum absolute atomic E-state index is 11.7. The van der Waals surface area contributed by atoms with E-state index in [1.54, 1.807) is 5.32 Å². The van der Waals surface area contributed by atoms with Crippen molar-refractivity contribution in [2.75, 3.05) is 18.6 Å². The average Bonchev–Trinajstić information content (AvgIpc) is 2.18. The molecule has 11 heteroatoms. The number of carboxylic acid groups (broad SMARTS) is 1. The number of carbonyl (C=O) groups excluding carboxylic acids is 1. The van der Waals surface area contributed by atoms with Gasteiger partial charge in [-0.25, -0.2) is 18.0 Å². The number of sulfone groups is 1. The first-order valence-electron chi connectivity index (χ1n) is 4.81. The zero-order chi connectivity index (χ0) is 15.3. The molecular weight excluding hydrogens is 295 g/mol. The molecule has 0 aliphatic carbocycles. The fourth-order valence-electron chi connectivity index (χ4n) is 0.921. The molecule has 1 atom stereocenters. The van der Waals surface area contributed by atoms with Crippen LogP contribution in [0, 0.1) is 0 Å². The number of hydrogen-bond acceptors (Lipinski definition) is 5. The Kier molecular flexibility index (Phi) is 6.06. The van der Waals surface area contributed by atoms with Gasteiger partial charge >= 0.3 is 18.2 Å². The largest absolute Gasteiger partial charge is 0.480 e. The number of alkyl halides is 3. The molecule has 0 spiro atoms. The molecule has 7 nitrogen and oxygen atoms in total. The number of ether oxygens (including phenoxy) is 1. The van der Waals surface area contributed by atoms with Gasteiger partial charge < -0.3 is 15.2 Å². The molecule has 0 aliphatic rings. The quantitative estimate of drug-likeness (QED) is 0.723. The van der Waals surface area contributed by atoms with Crippen LogP contribution in [0.5, 0.6) is 0 Å². The molecule has 19 heavy (non-hydrogen) atoms. The van der Waals surface area contributed by atoms with E-state index in [0.29, 0.717) is 0 Å². The number of carboxylic acids is 1. The molecule has 0 aromatic carbocycles. The highest BCUT2D eigenvalue weighted by Gasteiger charge is 2.30. The molecule has 0 saturated heterocycles. The molecule has 1 unspecified atom stereocenters. The number of carbonyl (C=O) groups is 2. The summed E-state index contributed by atoms with van der Waals surface area (Å²) in [4.78, 5) is 21.5. The Morgan fingerprint density at radius 1 is 1.37 bits per heavy atom. The first-order valence-corrected chi connectivity index (χ1v) is 6.87. The first kappa shape index (κ1) is 17.5. The molecule has 0 radical (unpaired) electrons. The molecular formula is C8H12F3NO6S. The van der Waals surface area contributed by atoms with Crippen LogP contribution < -0.4 is 5.32 Å². The van der Waals surface area contributed by atoms with Crippen LogP contribution in [0.25, 0.3) is 0 Å². The van der Waals surface area contributed by atoms with Crippen LogP contribution in [0.1, 0.15) is 6.42 Å². The van der Waals surface area contributed by atoms with Crippen LogP contribution in [0.15, 0.2) is 0 Å². The van der Waals surface area contributed by atoms with E-state index in [2.05, 4.69) is 4.74 Å². The van der Waals surface area contributed by atoms with Crippen LogP contribution in [-0.4, -0.2) is 56.4 Å². The molecule has 1 amide bonds. The highest BCUT2D eigenvalue weighted by Crippen LogP contribution is 2.14. The second kappa shape index (κ2) is 6.59. The molecule has 0 fully saturated rings. The van der Waals surface area contributed by atoms with Crippen LogP contribution in [0.2, 0.25) is 0 Å². The summed E-state index contributed by atoms with van der Waals surface area (Å²) < 4.78 is 60.5. The second-order valence-corrected chi connectivity index (χ2v) is 5.90. The van der Waals surface area contributed by atoms with Crippen molar-refractivity contribution in [2.24, 2.45) is 0 Å². The van der Waals surface area contributed by atoms with Gasteiger partial charge in [0.05, 0.1) is 5.75 Å². The van der Waals surface area contributed by atoms with Gasteiger partial charge in [-0.3, -0.25) is 0 Å². The molecule has 0 bridgehead atoms. The highest BCUT2D eigenvalue weighted by atomic mass is 32.2. The predicted octanol–water partition coefficient (Wildman–Crippen LogP) is 0.163. The topological polar surface area (TPSA) is 110 Å². The summed E-state index contributed by atoms with van der Waals surface area (Å²) in [5.41, 5.74) is 0. The second-order valence-electron chi connectivity index (χ2n) is 3.65. The van der Waals surface area contributed by atoms with Gasteiger partial charge in [0.15, 0.2) is 6.61 Å². The Morgan fingerprint density at radius 3 is 2.26 bits per heavy atom. The van der Waals surface area contributed by atoms with E-state index in [0.717, 1.165) is 6.26 Å². The lowest BCUT2D eigenvalue weighted by molar-refractivity contribution is -0.160. The summed E-state index contributed by atoms with van der Waals surface area (Å²) in [7, 11) is -3.46. The summed E-state index contributed by atoms with van der Waals surface area (Å²) in [5.74, 6) is -2.11. The Bertz CT molecular complexity index is 432. The van der Waals surface area contributed by atoms with E-state index in [1.165, 1.54) is 0 Å². The van der Waals surface area contributed by atoms with Gasteiger partial charge in [0.2, 0.25) is 0 Å². The molecule has 2 N–H and O–H groups in total. The van der Waals surface area contributed by atoms with E-state index < -0.39 is 52.9 Å². The minimum Gasteiger partial charge on any atom is -0.480 e. The maximum Gasteiger partial charge on any atom is 0.422 e. The normalized spacial score (nSPS) is 13.7. The highest BCUT2D eigenvalue weighted by molar-refractivity contribution is 7.90. The van der Waals surface area contributed by atoms with Crippen molar-refractivity contribution < 1.29 is 41.0 Å². The van der Waals surface area contributed by atoms with E-state index in [-0.39, 0.29) is 0 Å². The molecule has 0 rings (SSSR count). The zero-order valence-electron chi connectivity index (χ0n) is 9.73. The number of hydrogen-bond donors (Lipinski definition) is 2. The predicted molar refractivity (Wildman–Crippen MR) is 56.3 cm³/mol. The van der Waals surface area contributed by atoms with Gasteiger partial charge in [-0.1, -0.05) is 0 Å². The third kappa shape index (κ3) is 10.1. The molecule has 0 saturated carbocycles. The monoisotopic (exact) mass is 307 g/mol. The van der Waals surface area contributed by atoms with E-state index >= 15 is 0 Å². The van der Waals surface area contributed by atoms with Crippen molar-refractivity contribution in [3.8, 4) is 0 Å². The Morgan fingerprint density at radius 2 is 1.89 bits per heavy atom. The van der Waals surface area contributed by atoms with Crippen molar-refractivity contribution in [3.05, 3.63) is 0 Å². The zero-order valence-corrected chi connectivity index (χ0v) is 10.5. The summed E-state index contributed by atoms with van der Waals surface area (Å²) in [6.45, 7) is -1.86. The molecule has 0 aromatic rings. The van der Waals surface area contributed by atoms with Crippen LogP contribution in [0.3, 0.4) is 0 Å². The Labute approximate surface area is 106 Å². The molecule has 0 aromatic heterocycles. The number of amides is 1. The lowest BCUT2D eigenvalue weighted by Crippen LogP contribution is -2.43. The standard InChI is InChI=1S/C8H12F3NO6S/c1-19(16,17)3-2-5(6(13)14)12-7(15)18-4-8(9,10)11/h5H,2-4H2,1H3,(H,12,15)(H,13,14). The van der Waals surface area contributed by atoms with Gasteiger partial charge in [-0.2, -0.15) is 13.2 Å². The first-order chi connectivity index (χ1) is 8.41. The third-order valence-electron chi connectivity index (χ3n) is 1.73. The summed E-state index contributed by atoms with van der Waals surface area (Å²) >= 11 is 0. The van der Waals surface area contributed by atoms with Gasteiger partial charge in [0, 0.05) is 6.26 Å². The van der Waals surface area contributed by atoms with Crippen LogP contribution >= 0.6 is 0 Å². The van der Waals surface area contributed by atoms with Gasteiger partial charge in [0.25, 0.3) is 0 Å². The van der Waals surface area contributed by atoms with E-state index in [1.807, 2.05) is 0 Å². The van der Waals surface area contributed by atoms with Gasteiger partial charge in [-0.05, 0) is 6.42 Å². The SMILES string of the molecule is CS(=O)(=O)CCC(NC(=O)OCC(F)(F)F)C(=O)O.